The molecule has 1 fully saturated rings. The van der Waals surface area contributed by atoms with Crippen molar-refractivity contribution in [2.45, 2.75) is 19.8 Å². The fourth-order valence-corrected chi connectivity index (χ4v) is 8.58. The molecule has 5 aromatic carbocycles. The molecule has 3 aliphatic rings. The van der Waals surface area contributed by atoms with E-state index >= 15 is 0 Å². The fourth-order valence-electron chi connectivity index (χ4n) is 8.58. The standard InChI is InChI=1S/C46H33N3/c1-28-15-21-35-39-25-38-34-12-6-8-14-42(34)49(43-22-18-31-24-37(31)43)46(38)27-45(39)48(44(35)23-28)32-19-16-30(17-20-32)41-26-36(29-9-3-2-4-10-29)33-11-5-7-13-40(33)47-41/h2-22,25-28,37H,23-24H2,1H3/t28?,37-/m0/s1. The predicted molar refractivity (Wildman–Crippen MR) is 205 cm³/mol. The zero-order chi connectivity index (χ0) is 32.2. The van der Waals surface area contributed by atoms with Crippen LogP contribution >= 0.6 is 0 Å². The molecular weight excluding hydrogens is 595 g/mol. The number of aromatic nitrogens is 3. The third-order valence-corrected chi connectivity index (χ3v) is 11.0. The zero-order valence-corrected chi connectivity index (χ0v) is 27.3. The minimum atomic E-state index is 0.486. The van der Waals surface area contributed by atoms with E-state index in [0.29, 0.717) is 11.8 Å². The molecule has 1 unspecified atom stereocenters. The van der Waals surface area contributed by atoms with Crippen LogP contribution < -0.4 is 0 Å². The molecule has 2 atom stereocenters. The molecule has 0 spiro atoms. The van der Waals surface area contributed by atoms with Crippen LogP contribution in [0.3, 0.4) is 0 Å². The van der Waals surface area contributed by atoms with Crippen LogP contribution in [0.5, 0.6) is 0 Å². The Kier molecular flexibility index (Phi) is 5.55. The first-order valence-electron chi connectivity index (χ1n) is 17.5. The molecule has 232 valence electrons. The van der Waals surface area contributed by atoms with Crippen molar-refractivity contribution in [3.8, 4) is 28.1 Å². The number of pyridine rings is 1. The molecule has 8 aromatic rings. The lowest BCUT2D eigenvalue weighted by molar-refractivity contribution is 0.690. The van der Waals surface area contributed by atoms with Gasteiger partial charge in [-0.25, -0.2) is 4.98 Å². The third kappa shape index (κ3) is 3.99. The fraction of sp³-hybridized carbons (Fsp3) is 0.109. The van der Waals surface area contributed by atoms with Gasteiger partial charge < -0.3 is 9.13 Å². The molecule has 0 amide bonds. The largest absolute Gasteiger partial charge is 0.313 e. The lowest BCUT2D eigenvalue weighted by Crippen LogP contribution is -2.08. The van der Waals surface area contributed by atoms with Crippen molar-refractivity contribution in [3.63, 3.8) is 0 Å². The van der Waals surface area contributed by atoms with E-state index in [1.807, 2.05) is 0 Å². The molecule has 3 nitrogen and oxygen atoms in total. The lowest BCUT2D eigenvalue weighted by atomic mass is 9.94. The van der Waals surface area contributed by atoms with E-state index in [-0.39, 0.29) is 0 Å². The van der Waals surface area contributed by atoms with Crippen LogP contribution in [0.15, 0.2) is 145 Å². The molecule has 11 rings (SSSR count). The molecule has 0 radical (unpaired) electrons. The first-order valence-corrected chi connectivity index (χ1v) is 17.5. The summed E-state index contributed by atoms with van der Waals surface area (Å²) in [5, 5.41) is 5.16. The van der Waals surface area contributed by atoms with Crippen LogP contribution in [0.25, 0.3) is 83.5 Å². The molecule has 0 aliphatic heterocycles. The highest BCUT2D eigenvalue weighted by atomic mass is 15.0. The van der Waals surface area contributed by atoms with Crippen molar-refractivity contribution in [1.29, 1.82) is 0 Å². The van der Waals surface area contributed by atoms with Crippen molar-refractivity contribution < 1.29 is 0 Å². The summed E-state index contributed by atoms with van der Waals surface area (Å²) < 4.78 is 5.07. The number of nitrogens with zero attached hydrogens (tertiary/aromatic N) is 3. The number of para-hydroxylation sites is 2. The molecular formula is C46H33N3. The van der Waals surface area contributed by atoms with E-state index < -0.39 is 0 Å². The predicted octanol–water partition coefficient (Wildman–Crippen LogP) is 11.6. The highest BCUT2D eigenvalue weighted by Crippen LogP contribution is 2.52. The molecule has 3 heteroatoms. The summed E-state index contributed by atoms with van der Waals surface area (Å²) in [4.78, 5) is 5.14. The van der Waals surface area contributed by atoms with Crippen LogP contribution in [0.4, 0.5) is 0 Å². The van der Waals surface area contributed by atoms with Gasteiger partial charge in [-0.1, -0.05) is 110 Å². The van der Waals surface area contributed by atoms with Gasteiger partial charge in [0.1, 0.15) is 0 Å². The average molecular weight is 628 g/mol. The van der Waals surface area contributed by atoms with Crippen LogP contribution in [-0.4, -0.2) is 14.1 Å². The van der Waals surface area contributed by atoms with Crippen LogP contribution in [-0.2, 0) is 6.42 Å². The molecule has 1 saturated carbocycles. The number of hydrogen-bond acceptors (Lipinski definition) is 1. The van der Waals surface area contributed by atoms with Gasteiger partial charge in [-0.3, -0.25) is 0 Å². The Bertz CT molecular complexity index is 2770. The van der Waals surface area contributed by atoms with Gasteiger partial charge in [-0.05, 0) is 78.4 Å². The summed E-state index contributed by atoms with van der Waals surface area (Å²) in [6.45, 7) is 2.32. The van der Waals surface area contributed by atoms with E-state index in [9.17, 15) is 0 Å². The van der Waals surface area contributed by atoms with Gasteiger partial charge >= 0.3 is 0 Å². The normalized spacial score (nSPS) is 17.9. The molecule has 3 aliphatic carbocycles. The van der Waals surface area contributed by atoms with Gasteiger partial charge in [0.2, 0.25) is 0 Å². The first-order chi connectivity index (χ1) is 24.2. The summed E-state index contributed by atoms with van der Waals surface area (Å²) >= 11 is 0. The van der Waals surface area contributed by atoms with E-state index in [1.165, 1.54) is 78.3 Å². The second-order valence-corrected chi connectivity index (χ2v) is 14.1. The smallest absolute Gasteiger partial charge is 0.0715 e. The Morgan fingerprint density at radius 3 is 2.20 bits per heavy atom. The maximum atomic E-state index is 5.14. The van der Waals surface area contributed by atoms with Crippen molar-refractivity contribution in [2.24, 2.45) is 11.8 Å². The van der Waals surface area contributed by atoms with Gasteiger partial charge in [0.15, 0.2) is 0 Å². The highest BCUT2D eigenvalue weighted by Gasteiger charge is 2.38. The first kappa shape index (κ1) is 27.1. The average Bonchev–Trinajstić information content (AvgIpc) is 3.55. The quantitative estimate of drug-likeness (QED) is 0.190. The molecule has 0 saturated heterocycles. The SMILES string of the molecule is CC1C=Cc2c(n(-c3ccc(-c4cc(-c5ccccc5)c5ccccc5n4)cc3)c3cc4c(cc23)c2ccccc2n4C2=CC=C3C[C@@H]32)C1. The van der Waals surface area contributed by atoms with E-state index in [1.54, 1.807) is 5.57 Å². The summed E-state index contributed by atoms with van der Waals surface area (Å²) in [5.74, 6) is 1.05. The van der Waals surface area contributed by atoms with Crippen LogP contribution in [0, 0.1) is 11.8 Å². The third-order valence-electron chi connectivity index (χ3n) is 11.0. The summed E-state index contributed by atoms with van der Waals surface area (Å²) in [7, 11) is 0. The van der Waals surface area contributed by atoms with Gasteiger partial charge in [-0.15, -0.1) is 0 Å². The van der Waals surface area contributed by atoms with Crippen LogP contribution in [0.2, 0.25) is 0 Å². The molecule has 3 aromatic heterocycles. The number of rotatable bonds is 4. The van der Waals surface area contributed by atoms with E-state index in [0.717, 1.165) is 23.2 Å². The van der Waals surface area contributed by atoms with Crippen molar-refractivity contribution in [1.82, 2.24) is 14.1 Å². The van der Waals surface area contributed by atoms with Crippen molar-refractivity contribution in [2.75, 3.05) is 0 Å². The lowest BCUT2D eigenvalue weighted by Gasteiger charge is -2.17. The van der Waals surface area contributed by atoms with Gasteiger partial charge in [-0.2, -0.15) is 0 Å². The summed E-state index contributed by atoms with van der Waals surface area (Å²) in [6, 6.07) is 44.3. The maximum Gasteiger partial charge on any atom is 0.0715 e. The Hall–Kier alpha value is -5.93. The van der Waals surface area contributed by atoms with Gasteiger partial charge in [0, 0.05) is 55.7 Å². The minimum Gasteiger partial charge on any atom is -0.313 e. The second-order valence-electron chi connectivity index (χ2n) is 14.1. The Morgan fingerprint density at radius 1 is 0.612 bits per heavy atom. The number of fused-ring (bicyclic) bond motifs is 8. The minimum absolute atomic E-state index is 0.486. The number of benzene rings is 5. The molecule has 0 N–H and O–H groups in total. The number of hydrogen-bond donors (Lipinski definition) is 0. The van der Waals surface area contributed by atoms with Gasteiger partial charge in [0.05, 0.1) is 27.8 Å². The Labute approximate surface area is 284 Å². The summed E-state index contributed by atoms with van der Waals surface area (Å²) in [5.41, 5.74) is 16.3. The van der Waals surface area contributed by atoms with Crippen LogP contribution in [0.1, 0.15) is 24.6 Å². The van der Waals surface area contributed by atoms with E-state index in [4.69, 9.17) is 4.98 Å². The van der Waals surface area contributed by atoms with Gasteiger partial charge in [0.25, 0.3) is 0 Å². The van der Waals surface area contributed by atoms with E-state index in [2.05, 4.69) is 162 Å². The number of allylic oxidation sites excluding steroid dienone is 5. The monoisotopic (exact) mass is 627 g/mol. The highest BCUT2D eigenvalue weighted by molar-refractivity contribution is 6.15. The second kappa shape index (κ2) is 10.0. The topological polar surface area (TPSA) is 22.8 Å². The maximum absolute atomic E-state index is 5.14. The molecule has 49 heavy (non-hydrogen) atoms. The van der Waals surface area contributed by atoms with Crippen molar-refractivity contribution in [3.05, 3.63) is 156 Å². The summed E-state index contributed by atoms with van der Waals surface area (Å²) in [6.07, 6.45) is 11.6. The molecule has 3 heterocycles. The Balaban J connectivity index is 1.11. The Morgan fingerprint density at radius 2 is 1.39 bits per heavy atom. The van der Waals surface area contributed by atoms with Crippen molar-refractivity contribution >= 4 is 55.4 Å². The zero-order valence-electron chi connectivity index (χ0n) is 27.3. The molecule has 0 bridgehead atoms.